The van der Waals surface area contributed by atoms with Crippen molar-refractivity contribution in [2.75, 3.05) is 39.6 Å². The van der Waals surface area contributed by atoms with Gasteiger partial charge < -0.3 is 33.8 Å². The Morgan fingerprint density at radius 1 is 0.290 bits per heavy atom. The van der Waals surface area contributed by atoms with Crippen LogP contribution in [0.3, 0.4) is 0 Å². The molecule has 0 aliphatic rings. The van der Waals surface area contributed by atoms with E-state index in [1.807, 2.05) is 0 Å². The molecular weight excluding hydrogens is 1310 g/mol. The summed E-state index contributed by atoms with van der Waals surface area (Å²) in [5.74, 6) is 0.281. The van der Waals surface area contributed by atoms with Gasteiger partial charge in [-0.15, -0.1) is 0 Å². The van der Waals surface area contributed by atoms with Crippen molar-refractivity contribution in [3.05, 3.63) is 0 Å². The second kappa shape index (κ2) is 71.3. The lowest BCUT2D eigenvalue weighted by Gasteiger charge is -2.21. The van der Waals surface area contributed by atoms with Gasteiger partial charge in [-0.1, -0.05) is 370 Å². The highest BCUT2D eigenvalue weighted by Gasteiger charge is 2.30. The number of hydrogen-bond acceptors (Lipinski definition) is 15. The van der Waals surface area contributed by atoms with Gasteiger partial charge in [0.2, 0.25) is 0 Å². The van der Waals surface area contributed by atoms with Crippen molar-refractivity contribution in [2.24, 2.45) is 17.8 Å². The molecule has 6 atom stereocenters. The van der Waals surface area contributed by atoms with Gasteiger partial charge in [-0.05, 0) is 43.4 Å². The van der Waals surface area contributed by atoms with Crippen molar-refractivity contribution < 1.29 is 80.2 Å². The Morgan fingerprint density at radius 3 is 0.760 bits per heavy atom. The molecule has 0 aliphatic carbocycles. The number of carbonyl (C=O) groups excluding carboxylic acids is 4. The number of aliphatic hydroxyl groups is 1. The van der Waals surface area contributed by atoms with E-state index < -0.39 is 97.5 Å². The average molecular weight is 1470 g/mol. The number of esters is 4. The number of carbonyl (C=O) groups is 4. The first-order valence-corrected chi connectivity index (χ1v) is 44.9. The largest absolute Gasteiger partial charge is 0.472 e. The van der Waals surface area contributed by atoms with E-state index in [-0.39, 0.29) is 25.7 Å². The number of phosphoric acid groups is 2. The van der Waals surface area contributed by atoms with Gasteiger partial charge in [-0.2, -0.15) is 0 Å². The summed E-state index contributed by atoms with van der Waals surface area (Å²) in [5, 5.41) is 10.6. The summed E-state index contributed by atoms with van der Waals surface area (Å²) in [6.07, 6.45) is 59.8. The maximum Gasteiger partial charge on any atom is 0.472 e. The topological polar surface area (TPSA) is 237 Å². The molecule has 0 fully saturated rings. The molecule has 0 saturated heterocycles. The molecule has 0 aromatic carbocycles. The second-order valence-corrected chi connectivity index (χ2v) is 33.3. The molecule has 3 N–H and O–H groups in total. The molecule has 0 bridgehead atoms. The minimum atomic E-state index is -4.96. The predicted molar refractivity (Wildman–Crippen MR) is 409 cm³/mol. The summed E-state index contributed by atoms with van der Waals surface area (Å²) < 4.78 is 68.6. The van der Waals surface area contributed by atoms with Crippen LogP contribution in [0.2, 0.25) is 0 Å². The van der Waals surface area contributed by atoms with Crippen LogP contribution in [0.5, 0.6) is 0 Å². The van der Waals surface area contributed by atoms with Gasteiger partial charge in [0.25, 0.3) is 0 Å². The number of rotatable bonds is 79. The van der Waals surface area contributed by atoms with E-state index in [0.29, 0.717) is 25.7 Å². The molecule has 0 spiro atoms. The summed E-state index contributed by atoms with van der Waals surface area (Å²) in [6.45, 7) is 12.0. The first kappa shape index (κ1) is 98.1. The molecule has 0 heterocycles. The lowest BCUT2D eigenvalue weighted by Crippen LogP contribution is -2.30. The summed E-state index contributed by atoms with van der Waals surface area (Å²) in [6, 6.07) is 0. The third kappa shape index (κ3) is 73.0. The number of unbranched alkanes of at least 4 members (excludes halogenated alkanes) is 46. The van der Waals surface area contributed by atoms with Crippen molar-refractivity contribution in [2.45, 2.75) is 439 Å². The third-order valence-electron chi connectivity index (χ3n) is 19.2. The Kier molecular flexibility index (Phi) is 69.9. The molecule has 594 valence electrons. The predicted octanol–water partition coefficient (Wildman–Crippen LogP) is 24.1. The lowest BCUT2D eigenvalue weighted by atomic mass is 9.99. The van der Waals surface area contributed by atoms with Gasteiger partial charge in [0, 0.05) is 25.7 Å². The highest BCUT2D eigenvalue weighted by Crippen LogP contribution is 2.45. The Labute approximate surface area is 613 Å². The van der Waals surface area contributed by atoms with Gasteiger partial charge in [-0.25, -0.2) is 9.13 Å². The van der Waals surface area contributed by atoms with Gasteiger partial charge in [0.05, 0.1) is 26.4 Å². The molecule has 100 heavy (non-hydrogen) atoms. The fourth-order valence-electron chi connectivity index (χ4n) is 12.5. The first-order chi connectivity index (χ1) is 48.3. The van der Waals surface area contributed by atoms with Crippen LogP contribution in [-0.4, -0.2) is 96.7 Å². The van der Waals surface area contributed by atoms with E-state index in [0.717, 1.165) is 108 Å². The molecule has 0 amide bonds. The Morgan fingerprint density at radius 2 is 0.510 bits per heavy atom. The number of phosphoric ester groups is 2. The van der Waals surface area contributed by atoms with Crippen molar-refractivity contribution in [3.63, 3.8) is 0 Å². The van der Waals surface area contributed by atoms with Crippen LogP contribution in [0, 0.1) is 17.8 Å². The fourth-order valence-corrected chi connectivity index (χ4v) is 14.0. The quantitative estimate of drug-likeness (QED) is 0.0222. The standard InChI is InChI=1S/C81H158O17P2/c1-8-10-11-12-13-31-41-48-55-62-78(83)91-68-77(98-81(86)65-58-51-44-37-36-39-46-53-60-73(5)6)71-96-100(89,90)94-67-75(82)66-93-99(87,88)95-70-76(69-92-79(84)63-56-49-42-34-29-25-22-18-19-23-27-32-38-45-52-59-72(3)4)97-80(85)64-57-50-43-35-30-26-21-17-15-14-16-20-24-28-33-40-47-54-61-74(7)9-2/h72-77,82H,8-71H2,1-7H3,(H,87,88)(H,89,90)/t74?,75-,76-,77-/m1/s1. The average Bonchev–Trinajstić information content (AvgIpc) is 0.931. The van der Waals surface area contributed by atoms with Crippen LogP contribution < -0.4 is 0 Å². The van der Waals surface area contributed by atoms with Crippen LogP contribution in [0.1, 0.15) is 421 Å². The summed E-state index contributed by atoms with van der Waals surface area (Å²) in [4.78, 5) is 72.9. The number of aliphatic hydroxyl groups excluding tert-OH is 1. The molecule has 0 aromatic rings. The van der Waals surface area contributed by atoms with Crippen molar-refractivity contribution in [1.29, 1.82) is 0 Å². The molecule has 19 heteroatoms. The van der Waals surface area contributed by atoms with Gasteiger partial charge >= 0.3 is 39.5 Å². The van der Waals surface area contributed by atoms with Crippen LogP contribution in [-0.2, 0) is 65.4 Å². The highest BCUT2D eigenvalue weighted by molar-refractivity contribution is 7.47. The van der Waals surface area contributed by atoms with Gasteiger partial charge in [0.15, 0.2) is 12.2 Å². The van der Waals surface area contributed by atoms with E-state index >= 15 is 0 Å². The fraction of sp³-hybridized carbons (Fsp3) is 0.951. The zero-order valence-corrected chi connectivity index (χ0v) is 67.5. The zero-order valence-electron chi connectivity index (χ0n) is 65.7. The maximum atomic E-state index is 13.1. The SMILES string of the molecule is CCCCCCCCCCCC(=O)OC[C@H](COP(=O)(O)OC[C@H](O)COP(=O)(O)OC[C@@H](COC(=O)CCCCCCCCCCCCCCCCCC(C)C)OC(=O)CCCCCCCCCCCCCCCCCCCCC(C)CC)OC(=O)CCCCCCCCCCC(C)C. The van der Waals surface area contributed by atoms with Crippen LogP contribution >= 0.6 is 15.6 Å². The van der Waals surface area contributed by atoms with Crippen LogP contribution in [0.15, 0.2) is 0 Å². The summed E-state index contributed by atoms with van der Waals surface area (Å²) >= 11 is 0. The van der Waals surface area contributed by atoms with Crippen molar-refractivity contribution in [1.82, 2.24) is 0 Å². The molecule has 3 unspecified atom stereocenters. The molecule has 0 radical (unpaired) electrons. The summed E-state index contributed by atoms with van der Waals surface area (Å²) in [5.41, 5.74) is 0. The van der Waals surface area contributed by atoms with Gasteiger partial charge in [-0.3, -0.25) is 37.3 Å². The minimum Gasteiger partial charge on any atom is -0.462 e. The van der Waals surface area contributed by atoms with E-state index in [1.54, 1.807) is 0 Å². The molecule has 0 aliphatic heterocycles. The molecule has 17 nitrogen and oxygen atoms in total. The number of hydrogen-bond donors (Lipinski definition) is 3. The van der Waals surface area contributed by atoms with Crippen LogP contribution in [0.4, 0.5) is 0 Å². The number of ether oxygens (including phenoxy) is 4. The minimum absolute atomic E-state index is 0.105. The van der Waals surface area contributed by atoms with E-state index in [2.05, 4.69) is 48.5 Å². The molecule has 0 rings (SSSR count). The second-order valence-electron chi connectivity index (χ2n) is 30.4. The lowest BCUT2D eigenvalue weighted by molar-refractivity contribution is -0.161. The monoisotopic (exact) mass is 1470 g/mol. The van der Waals surface area contributed by atoms with E-state index in [9.17, 15) is 43.2 Å². The third-order valence-corrected chi connectivity index (χ3v) is 21.1. The summed E-state index contributed by atoms with van der Waals surface area (Å²) in [7, 11) is -9.92. The van der Waals surface area contributed by atoms with Crippen LogP contribution in [0.25, 0.3) is 0 Å². The highest BCUT2D eigenvalue weighted by atomic mass is 31.2. The smallest absolute Gasteiger partial charge is 0.462 e. The molecular formula is C81H158O17P2. The van der Waals surface area contributed by atoms with Crippen molar-refractivity contribution in [3.8, 4) is 0 Å². The Hall–Kier alpha value is -1.94. The molecule has 0 saturated carbocycles. The first-order valence-electron chi connectivity index (χ1n) is 41.9. The van der Waals surface area contributed by atoms with E-state index in [1.165, 1.54) is 231 Å². The Balaban J connectivity index is 5.19. The molecule has 0 aromatic heterocycles. The Bertz CT molecular complexity index is 1940. The zero-order chi connectivity index (χ0) is 73.7. The normalized spacial score (nSPS) is 14.2. The van der Waals surface area contributed by atoms with Crippen molar-refractivity contribution >= 4 is 39.5 Å². The van der Waals surface area contributed by atoms with Gasteiger partial charge in [0.1, 0.15) is 19.3 Å². The maximum absolute atomic E-state index is 13.1. The van der Waals surface area contributed by atoms with E-state index in [4.69, 9.17) is 37.0 Å².